The van der Waals surface area contributed by atoms with Crippen LogP contribution in [0, 0.1) is 0 Å². The normalized spacial score (nSPS) is 9.70. The highest BCUT2D eigenvalue weighted by Crippen LogP contribution is 2.27. The largest absolute Gasteiger partial charge is 0.495 e. The summed E-state index contributed by atoms with van der Waals surface area (Å²) in [6.45, 7) is 0. The Kier molecular flexibility index (Phi) is 4.79. The van der Waals surface area contributed by atoms with Crippen molar-refractivity contribution in [1.82, 2.24) is 5.32 Å². The van der Waals surface area contributed by atoms with Crippen molar-refractivity contribution in [2.24, 2.45) is 0 Å². The van der Waals surface area contributed by atoms with E-state index in [1.165, 1.54) is 0 Å². The highest BCUT2D eigenvalue weighted by atomic mass is 32.1. The summed E-state index contributed by atoms with van der Waals surface area (Å²) in [6.07, 6.45) is 0. The number of para-hydroxylation sites is 2. The molecule has 2 rings (SSSR count). The van der Waals surface area contributed by atoms with E-state index in [0.717, 1.165) is 22.8 Å². The number of rotatable bonds is 4. The third kappa shape index (κ3) is 3.61. The second kappa shape index (κ2) is 6.77. The number of benzene rings is 2. The van der Waals surface area contributed by atoms with E-state index in [2.05, 4.69) is 16.0 Å². The lowest BCUT2D eigenvalue weighted by molar-refractivity contribution is 0.417. The third-order valence-electron chi connectivity index (χ3n) is 2.76. The van der Waals surface area contributed by atoms with E-state index in [4.69, 9.17) is 17.0 Å². The van der Waals surface area contributed by atoms with Crippen LogP contribution in [0.25, 0.3) is 0 Å². The van der Waals surface area contributed by atoms with Crippen molar-refractivity contribution in [3.8, 4) is 5.75 Å². The van der Waals surface area contributed by atoms with E-state index in [9.17, 15) is 0 Å². The van der Waals surface area contributed by atoms with Crippen molar-refractivity contribution in [2.75, 3.05) is 24.8 Å². The van der Waals surface area contributed by atoms with E-state index in [-0.39, 0.29) is 0 Å². The minimum Gasteiger partial charge on any atom is -0.495 e. The first-order valence-corrected chi connectivity index (χ1v) is 6.62. The molecule has 0 aliphatic rings. The number of anilines is 3. The Balaban J connectivity index is 2.09. The average molecular weight is 287 g/mol. The smallest absolute Gasteiger partial charge is 0.170 e. The lowest BCUT2D eigenvalue weighted by Gasteiger charge is -2.12. The molecule has 0 bridgehead atoms. The van der Waals surface area contributed by atoms with Gasteiger partial charge in [0.15, 0.2) is 5.11 Å². The Bertz CT molecular complexity index is 584. The van der Waals surface area contributed by atoms with Gasteiger partial charge in [0.05, 0.1) is 12.8 Å². The van der Waals surface area contributed by atoms with Crippen molar-refractivity contribution in [1.29, 1.82) is 0 Å². The lowest BCUT2D eigenvalue weighted by atomic mass is 10.2. The fourth-order valence-corrected chi connectivity index (χ4v) is 1.85. The van der Waals surface area contributed by atoms with Gasteiger partial charge in [0.25, 0.3) is 0 Å². The molecule has 0 atom stereocenters. The van der Waals surface area contributed by atoms with Crippen molar-refractivity contribution < 1.29 is 4.74 Å². The predicted octanol–water partition coefficient (Wildman–Crippen LogP) is 3.36. The highest BCUT2D eigenvalue weighted by Gasteiger charge is 2.02. The van der Waals surface area contributed by atoms with Gasteiger partial charge in [-0.25, -0.2) is 0 Å². The molecule has 0 heterocycles. The minimum atomic E-state index is 0.593. The zero-order valence-electron chi connectivity index (χ0n) is 11.4. The average Bonchev–Trinajstić information content (AvgIpc) is 2.49. The van der Waals surface area contributed by atoms with Gasteiger partial charge in [-0.05, 0) is 48.6 Å². The zero-order chi connectivity index (χ0) is 14.4. The molecule has 0 aromatic heterocycles. The molecule has 0 spiro atoms. The van der Waals surface area contributed by atoms with E-state index in [0.29, 0.717) is 5.11 Å². The Morgan fingerprint density at radius 1 is 1.00 bits per heavy atom. The Morgan fingerprint density at radius 2 is 1.65 bits per heavy atom. The van der Waals surface area contributed by atoms with Crippen LogP contribution in [0.15, 0.2) is 48.5 Å². The van der Waals surface area contributed by atoms with Crippen LogP contribution in [0.1, 0.15) is 0 Å². The summed E-state index contributed by atoms with van der Waals surface area (Å²) in [6, 6.07) is 15.7. The summed E-state index contributed by atoms with van der Waals surface area (Å²) in [7, 11) is 3.44. The molecule has 20 heavy (non-hydrogen) atoms. The third-order valence-corrected chi connectivity index (χ3v) is 3.06. The molecule has 0 fully saturated rings. The van der Waals surface area contributed by atoms with E-state index < -0.39 is 0 Å². The Hall–Kier alpha value is -2.27. The summed E-state index contributed by atoms with van der Waals surface area (Å²) in [4.78, 5) is 0. The van der Waals surface area contributed by atoms with Crippen molar-refractivity contribution >= 4 is 34.4 Å². The van der Waals surface area contributed by atoms with E-state index in [1.807, 2.05) is 48.5 Å². The van der Waals surface area contributed by atoms with Gasteiger partial charge in [-0.15, -0.1) is 0 Å². The second-order valence-corrected chi connectivity index (χ2v) is 4.52. The number of methoxy groups -OCH3 is 1. The molecular weight excluding hydrogens is 270 g/mol. The first-order valence-electron chi connectivity index (χ1n) is 6.22. The summed E-state index contributed by atoms with van der Waals surface area (Å²) in [5.74, 6) is 0.811. The first kappa shape index (κ1) is 14.1. The molecule has 4 nitrogen and oxygen atoms in total. The van der Waals surface area contributed by atoms with Crippen LogP contribution in [0.3, 0.4) is 0 Å². The van der Waals surface area contributed by atoms with Gasteiger partial charge in [0.1, 0.15) is 5.75 Å². The maximum absolute atomic E-state index is 5.31. The fraction of sp³-hybridized carbons (Fsp3) is 0.133. The molecule has 2 aromatic carbocycles. The molecular formula is C15H17N3OS. The van der Waals surface area contributed by atoms with Crippen LogP contribution in [0.2, 0.25) is 0 Å². The highest BCUT2D eigenvalue weighted by molar-refractivity contribution is 7.80. The summed E-state index contributed by atoms with van der Waals surface area (Å²) >= 11 is 5.05. The van der Waals surface area contributed by atoms with Crippen molar-refractivity contribution in [3.63, 3.8) is 0 Å². The van der Waals surface area contributed by atoms with Crippen LogP contribution in [-0.2, 0) is 0 Å². The van der Waals surface area contributed by atoms with E-state index in [1.54, 1.807) is 14.2 Å². The quantitative estimate of drug-likeness (QED) is 0.753. The molecule has 0 aliphatic carbocycles. The van der Waals surface area contributed by atoms with Gasteiger partial charge in [-0.2, -0.15) is 0 Å². The van der Waals surface area contributed by atoms with Crippen LogP contribution >= 0.6 is 12.2 Å². The number of hydrogen-bond acceptors (Lipinski definition) is 3. The molecule has 2 aromatic rings. The predicted molar refractivity (Wildman–Crippen MR) is 88.0 cm³/mol. The molecule has 0 saturated heterocycles. The second-order valence-electron chi connectivity index (χ2n) is 4.11. The zero-order valence-corrected chi connectivity index (χ0v) is 12.3. The van der Waals surface area contributed by atoms with Gasteiger partial charge in [-0.1, -0.05) is 12.1 Å². The number of thiocarbonyl (C=S) groups is 1. The molecule has 0 amide bonds. The first-order chi connectivity index (χ1) is 9.72. The summed E-state index contributed by atoms with van der Waals surface area (Å²) < 4.78 is 5.31. The van der Waals surface area contributed by atoms with Crippen LogP contribution in [0.4, 0.5) is 17.1 Å². The van der Waals surface area contributed by atoms with Gasteiger partial charge in [-0.3, -0.25) is 0 Å². The van der Waals surface area contributed by atoms with Gasteiger partial charge < -0.3 is 20.7 Å². The molecule has 0 saturated carbocycles. The van der Waals surface area contributed by atoms with Crippen LogP contribution < -0.4 is 20.7 Å². The number of ether oxygens (including phenoxy) is 1. The number of nitrogens with one attached hydrogen (secondary N) is 3. The fourth-order valence-electron chi connectivity index (χ4n) is 1.73. The SMILES string of the molecule is CNC(=S)Nc1ccc(Nc2ccccc2OC)cc1. The molecule has 0 aliphatic heterocycles. The maximum atomic E-state index is 5.31. The van der Waals surface area contributed by atoms with Crippen LogP contribution in [-0.4, -0.2) is 19.3 Å². The Morgan fingerprint density at radius 3 is 2.30 bits per heavy atom. The molecule has 0 radical (unpaired) electrons. The van der Waals surface area contributed by atoms with Gasteiger partial charge in [0.2, 0.25) is 0 Å². The standard InChI is InChI=1S/C15H17N3OS/c1-16-15(20)18-12-9-7-11(8-10-12)17-13-5-3-4-6-14(13)19-2/h3-10,17H,1-2H3,(H2,16,18,20). The lowest BCUT2D eigenvalue weighted by Crippen LogP contribution is -2.23. The van der Waals surface area contributed by atoms with Crippen LogP contribution in [0.5, 0.6) is 5.75 Å². The van der Waals surface area contributed by atoms with Crippen molar-refractivity contribution in [3.05, 3.63) is 48.5 Å². The molecule has 3 N–H and O–H groups in total. The van der Waals surface area contributed by atoms with Gasteiger partial charge >= 0.3 is 0 Å². The number of hydrogen-bond donors (Lipinski definition) is 3. The summed E-state index contributed by atoms with van der Waals surface area (Å²) in [5.41, 5.74) is 2.85. The summed E-state index contributed by atoms with van der Waals surface area (Å²) in [5, 5.41) is 9.85. The van der Waals surface area contributed by atoms with Crippen molar-refractivity contribution in [2.45, 2.75) is 0 Å². The molecule has 5 heteroatoms. The van der Waals surface area contributed by atoms with Gasteiger partial charge in [0, 0.05) is 18.4 Å². The van der Waals surface area contributed by atoms with E-state index >= 15 is 0 Å². The topological polar surface area (TPSA) is 45.3 Å². The monoisotopic (exact) mass is 287 g/mol. The minimum absolute atomic E-state index is 0.593. The maximum Gasteiger partial charge on any atom is 0.170 e. The Labute approximate surface area is 124 Å². The molecule has 104 valence electrons. The molecule has 0 unspecified atom stereocenters.